The number of aliphatic hydroxyl groups excluding tert-OH is 1. The number of para-hydroxylation sites is 1. The van der Waals surface area contributed by atoms with E-state index in [1.807, 2.05) is 6.07 Å². The summed E-state index contributed by atoms with van der Waals surface area (Å²) in [6.07, 6.45) is -0.0879. The highest BCUT2D eigenvalue weighted by Crippen LogP contribution is 2.57. The highest BCUT2D eigenvalue weighted by atomic mass is 31.3. The first-order valence-corrected chi connectivity index (χ1v) is 17.6. The minimum absolute atomic E-state index is 0.0172. The average molecular weight is 696 g/mol. The van der Waals surface area contributed by atoms with Crippen LogP contribution in [0.1, 0.15) is 25.1 Å². The van der Waals surface area contributed by atoms with Crippen LogP contribution in [0.2, 0.25) is 0 Å². The van der Waals surface area contributed by atoms with E-state index >= 15 is 0 Å². The van der Waals surface area contributed by atoms with Crippen molar-refractivity contribution in [1.29, 1.82) is 0 Å². The number of aliphatic hydroxyl groups is 1. The molecule has 3 heterocycles. The summed E-state index contributed by atoms with van der Waals surface area (Å²) in [5.41, 5.74) is 7.23. The number of carbonyl (C=O) groups excluding carboxylic acids is 1. The van der Waals surface area contributed by atoms with Gasteiger partial charge in [0, 0.05) is 6.42 Å². The number of rotatable bonds is 15. The molecule has 5 N–H and O–H groups in total. The first kappa shape index (κ1) is 34.0. The summed E-state index contributed by atoms with van der Waals surface area (Å²) in [7, 11) is -10.5. The van der Waals surface area contributed by atoms with Gasteiger partial charge in [-0.1, -0.05) is 48.5 Å². The highest BCUT2D eigenvalue weighted by Gasteiger charge is 2.39. The summed E-state index contributed by atoms with van der Waals surface area (Å²) >= 11 is 0. The fourth-order valence-corrected chi connectivity index (χ4v) is 7.45. The van der Waals surface area contributed by atoms with Crippen molar-refractivity contribution in [2.45, 2.75) is 44.4 Å². The molecule has 46 heavy (non-hydrogen) atoms. The van der Waals surface area contributed by atoms with Crippen molar-refractivity contribution in [3.05, 3.63) is 78.9 Å². The van der Waals surface area contributed by atoms with Gasteiger partial charge in [0.15, 0.2) is 26.7 Å². The number of nitrogens with one attached hydrogen (secondary N) is 1. The van der Waals surface area contributed by atoms with Gasteiger partial charge in [0.25, 0.3) is 0 Å². The van der Waals surface area contributed by atoms with Gasteiger partial charge in [0.1, 0.15) is 36.3 Å². The second-order valence-corrected chi connectivity index (χ2v) is 14.2. The summed E-state index contributed by atoms with van der Waals surface area (Å²) < 4.78 is 59.5. The van der Waals surface area contributed by atoms with Crippen molar-refractivity contribution in [3.8, 4) is 5.75 Å². The molecule has 5 rings (SSSR count). The number of phosphoric acid groups is 1. The lowest BCUT2D eigenvalue weighted by atomic mass is 10.2. The molecule has 0 bridgehead atoms. The van der Waals surface area contributed by atoms with Crippen molar-refractivity contribution in [2.24, 2.45) is 0 Å². The van der Waals surface area contributed by atoms with Crippen molar-refractivity contribution in [3.63, 3.8) is 0 Å². The Morgan fingerprint density at radius 1 is 1.13 bits per heavy atom. The molecule has 0 saturated carbocycles. The first-order valence-electron chi connectivity index (χ1n) is 13.7. The number of phosphoric ester groups is 1. The third-order valence-corrected chi connectivity index (χ3v) is 10.6. The van der Waals surface area contributed by atoms with Crippen LogP contribution < -0.4 is 15.3 Å². The molecule has 17 nitrogen and oxygen atoms in total. The van der Waals surface area contributed by atoms with Gasteiger partial charge in [-0.05, 0) is 24.6 Å². The number of carbonyl (C=O) groups is 1. The molecule has 7 atom stereocenters. The molecule has 1 fully saturated rings. The number of hydrogen-bond acceptors (Lipinski definition) is 14. The van der Waals surface area contributed by atoms with Crippen LogP contribution in [0.3, 0.4) is 0 Å². The Hall–Kier alpha value is -3.33. The van der Waals surface area contributed by atoms with Crippen LogP contribution in [0.5, 0.6) is 5.75 Å². The molecule has 20 heteroatoms. The van der Waals surface area contributed by atoms with Crippen molar-refractivity contribution in [2.75, 3.05) is 12.3 Å². The molecule has 1 aliphatic rings. The quantitative estimate of drug-likeness (QED) is 0.103. The zero-order valence-corrected chi connectivity index (χ0v) is 27.0. The molecule has 246 valence electrons. The fourth-order valence-electron chi connectivity index (χ4n) is 4.30. The third-order valence-electron chi connectivity index (χ3n) is 6.46. The topological polar surface area (TPSA) is 229 Å². The summed E-state index contributed by atoms with van der Waals surface area (Å²) in [5, 5.41) is 13.0. The second-order valence-electron chi connectivity index (χ2n) is 9.91. The molecule has 1 saturated heterocycles. The van der Waals surface area contributed by atoms with Crippen LogP contribution >= 0.6 is 24.6 Å². The Morgan fingerprint density at radius 3 is 2.59 bits per heavy atom. The van der Waals surface area contributed by atoms with E-state index in [0.29, 0.717) is 11.2 Å². The van der Waals surface area contributed by atoms with E-state index in [2.05, 4.69) is 20.0 Å². The van der Waals surface area contributed by atoms with Gasteiger partial charge in [-0.3, -0.25) is 13.9 Å². The zero-order chi connectivity index (χ0) is 32.7. The van der Waals surface area contributed by atoms with Crippen molar-refractivity contribution >= 4 is 47.6 Å². The number of hydrogen-bond donors (Lipinski definition) is 4. The minimum atomic E-state index is -4.78. The summed E-state index contributed by atoms with van der Waals surface area (Å²) in [6, 6.07) is 15.7. The van der Waals surface area contributed by atoms with E-state index in [-0.39, 0.29) is 24.6 Å². The van der Waals surface area contributed by atoms with Crippen LogP contribution in [0.4, 0.5) is 5.82 Å². The maximum atomic E-state index is 13.6. The first-order chi connectivity index (χ1) is 22.0. The lowest BCUT2D eigenvalue weighted by Gasteiger charge is -2.23. The number of benzene rings is 2. The van der Waals surface area contributed by atoms with E-state index in [1.54, 1.807) is 42.5 Å². The van der Waals surface area contributed by atoms with Crippen LogP contribution in [-0.4, -0.2) is 60.3 Å². The molecule has 0 amide bonds. The molecule has 0 aliphatic carbocycles. The number of ether oxygens (including phenoxy) is 2. The molecule has 3 unspecified atom stereocenters. The Balaban J connectivity index is 1.14. The molecule has 2 aromatic heterocycles. The maximum absolute atomic E-state index is 13.6. The van der Waals surface area contributed by atoms with Gasteiger partial charge in [-0.2, -0.15) is 5.09 Å². The number of anilines is 1. The van der Waals surface area contributed by atoms with Gasteiger partial charge < -0.3 is 29.7 Å². The predicted molar refractivity (Wildman–Crippen MR) is 164 cm³/mol. The van der Waals surface area contributed by atoms with Gasteiger partial charge >= 0.3 is 21.5 Å². The zero-order valence-electron chi connectivity index (χ0n) is 24.2. The van der Waals surface area contributed by atoms with Crippen LogP contribution in [0, 0.1) is 0 Å². The fraction of sp³-hybridized carbons (Fsp3) is 0.308. The molecule has 1 aliphatic heterocycles. The Morgan fingerprint density at radius 2 is 1.85 bits per heavy atom. The smallest absolute Gasteiger partial charge is 0.460 e. The lowest BCUT2D eigenvalue weighted by molar-refractivity contribution is -0.146. The third kappa shape index (κ3) is 8.93. The van der Waals surface area contributed by atoms with Gasteiger partial charge in [0.05, 0.1) is 19.0 Å². The second kappa shape index (κ2) is 15.1. The number of esters is 1. The number of nitrogen functional groups attached to an aromatic ring is 1. The number of nitrogens with zero attached hydrogens (tertiary/aromatic N) is 4. The molecule has 0 radical (unpaired) electrons. The van der Waals surface area contributed by atoms with Crippen LogP contribution in [-0.2, 0) is 43.2 Å². The molecular formula is C26H31N6O11P3. The molecule has 4 aromatic rings. The van der Waals surface area contributed by atoms with Gasteiger partial charge in [-0.25, -0.2) is 32.7 Å². The van der Waals surface area contributed by atoms with E-state index in [9.17, 15) is 23.9 Å². The number of fused-ring (bicyclic) bond motifs is 1. The Kier molecular flexibility index (Phi) is 11.1. The molecule has 0 spiro atoms. The number of aromatic nitrogens is 4. The SMILES string of the molecule is C[C@H](NP(=O)(OPOP(=O)(O)OC[C@@H]1C[C@@H](O)[C@H](n2cnc3c(N)ncnc32)O1)Oc1ccccc1)C(=O)OCc1ccccc1. The number of nitrogens with two attached hydrogens (primary N) is 1. The van der Waals surface area contributed by atoms with E-state index in [1.165, 1.54) is 36.3 Å². The summed E-state index contributed by atoms with van der Waals surface area (Å²) in [5.74, 6) is -0.465. The van der Waals surface area contributed by atoms with Crippen molar-refractivity contribution < 1.29 is 51.1 Å². The predicted octanol–water partition coefficient (Wildman–Crippen LogP) is 3.62. The summed E-state index contributed by atoms with van der Waals surface area (Å²) in [6.45, 7) is 0.923. The highest BCUT2D eigenvalue weighted by molar-refractivity contribution is 7.61. The Labute approximate surface area is 264 Å². The average Bonchev–Trinajstić information content (AvgIpc) is 3.63. The van der Waals surface area contributed by atoms with Gasteiger partial charge in [-0.15, -0.1) is 0 Å². The van der Waals surface area contributed by atoms with E-state index in [0.717, 1.165) is 5.56 Å². The Bertz CT molecular complexity index is 1720. The maximum Gasteiger partial charge on any atom is 0.477 e. The van der Waals surface area contributed by atoms with Crippen molar-refractivity contribution in [1.82, 2.24) is 24.6 Å². The normalized spacial score (nSPS) is 21.6. The monoisotopic (exact) mass is 696 g/mol. The van der Waals surface area contributed by atoms with Crippen LogP contribution in [0.15, 0.2) is 73.3 Å². The molecular weight excluding hydrogens is 665 g/mol. The lowest BCUT2D eigenvalue weighted by Crippen LogP contribution is -2.34. The largest absolute Gasteiger partial charge is 0.477 e. The van der Waals surface area contributed by atoms with E-state index < -0.39 is 61.7 Å². The number of imidazole rings is 1. The summed E-state index contributed by atoms with van der Waals surface area (Å²) in [4.78, 5) is 35.0. The minimum Gasteiger partial charge on any atom is -0.460 e. The standard InChI is InChI=1S/C26H31N6O11P3/c1-17(26(34)38-13-18-8-4-2-5-9-18)31-45(35,41-19-10-6-3-7-11-19)42-44-43-46(36,37)39-14-20-12-21(33)25(40-20)32-16-30-22-23(27)28-15-29-24(22)32/h2-11,15-17,20-21,25,33,44H,12-14H2,1H3,(H,31,35)(H,36,37)(H2,27,28,29)/t17-,20-,21+,25+,45?/m0/s1. The molecule has 2 aromatic carbocycles. The van der Waals surface area contributed by atoms with E-state index in [4.69, 9.17) is 32.9 Å². The van der Waals surface area contributed by atoms with Crippen LogP contribution in [0.25, 0.3) is 11.2 Å². The van der Waals surface area contributed by atoms with Gasteiger partial charge in [0.2, 0.25) is 0 Å².